The Labute approximate surface area is 223 Å². The van der Waals surface area contributed by atoms with Crippen LogP contribution in [0.5, 0.6) is 11.5 Å². The molecule has 0 unspecified atom stereocenters. The summed E-state index contributed by atoms with van der Waals surface area (Å²) in [7, 11) is 0. The lowest BCUT2D eigenvalue weighted by Gasteiger charge is -2.18. The van der Waals surface area contributed by atoms with Crippen LogP contribution in [-0.2, 0) is 0 Å². The van der Waals surface area contributed by atoms with E-state index in [9.17, 15) is 0 Å². The molecular formula is C35H21NOS. The van der Waals surface area contributed by atoms with E-state index in [2.05, 4.69) is 120 Å². The average Bonchev–Trinajstić information content (AvgIpc) is 3.35. The number of hydrogen-bond donors (Lipinski definition) is 0. The molecule has 2 heterocycles. The van der Waals surface area contributed by atoms with Crippen LogP contribution < -0.4 is 4.74 Å². The molecule has 0 amide bonds. The highest BCUT2D eigenvalue weighted by atomic mass is 32.1. The summed E-state index contributed by atoms with van der Waals surface area (Å²) in [5, 5.41) is 9.33. The van der Waals surface area contributed by atoms with Gasteiger partial charge in [-0.1, -0.05) is 84.9 Å². The van der Waals surface area contributed by atoms with Crippen molar-refractivity contribution in [2.75, 3.05) is 0 Å². The predicted octanol–water partition coefficient (Wildman–Crippen LogP) is 10.4. The van der Waals surface area contributed by atoms with Gasteiger partial charge in [0.1, 0.15) is 11.5 Å². The van der Waals surface area contributed by atoms with Crippen molar-refractivity contribution < 1.29 is 4.74 Å². The van der Waals surface area contributed by atoms with Crippen LogP contribution in [0.1, 0.15) is 0 Å². The molecule has 8 rings (SSSR count). The van der Waals surface area contributed by atoms with Gasteiger partial charge < -0.3 is 4.74 Å². The van der Waals surface area contributed by atoms with Crippen LogP contribution in [-0.4, -0.2) is 4.98 Å². The van der Waals surface area contributed by atoms with Gasteiger partial charge >= 0.3 is 0 Å². The summed E-state index contributed by atoms with van der Waals surface area (Å²) < 4.78 is 9.35. The Bertz CT molecular complexity index is 2110. The minimum Gasteiger partial charge on any atom is -0.456 e. The summed E-state index contributed by atoms with van der Waals surface area (Å²) in [6.45, 7) is 0. The van der Waals surface area contributed by atoms with Crippen molar-refractivity contribution in [2.45, 2.75) is 0 Å². The Morgan fingerprint density at radius 2 is 1.24 bits per heavy atom. The Morgan fingerprint density at radius 3 is 2.16 bits per heavy atom. The lowest BCUT2D eigenvalue weighted by Crippen LogP contribution is -1.93. The number of ether oxygens (including phenoxy) is 1. The van der Waals surface area contributed by atoms with E-state index >= 15 is 0 Å². The smallest absolute Gasteiger partial charge is 0.143 e. The summed E-state index contributed by atoms with van der Waals surface area (Å²) in [6, 6.07) is 40.7. The highest BCUT2D eigenvalue weighted by Gasteiger charge is 2.18. The van der Waals surface area contributed by atoms with Crippen LogP contribution in [0.2, 0.25) is 0 Å². The Hall–Kier alpha value is -4.73. The zero-order valence-corrected chi connectivity index (χ0v) is 21.2. The topological polar surface area (TPSA) is 22.1 Å². The zero-order valence-electron chi connectivity index (χ0n) is 20.4. The Kier molecular flexibility index (Phi) is 4.73. The monoisotopic (exact) mass is 503 g/mol. The molecule has 0 fully saturated rings. The lowest BCUT2D eigenvalue weighted by atomic mass is 9.89. The van der Waals surface area contributed by atoms with Gasteiger partial charge in [0.15, 0.2) is 0 Å². The number of nitrogens with zero attached hydrogens (tertiary/aromatic N) is 1. The largest absolute Gasteiger partial charge is 0.456 e. The number of pyridine rings is 1. The second-order valence-electron chi connectivity index (χ2n) is 9.56. The third-order valence-corrected chi connectivity index (χ3v) is 8.55. The number of fused-ring (bicyclic) bond motifs is 6. The van der Waals surface area contributed by atoms with E-state index in [-0.39, 0.29) is 0 Å². The van der Waals surface area contributed by atoms with Gasteiger partial charge in [-0.15, -0.1) is 11.3 Å². The maximum Gasteiger partial charge on any atom is 0.143 e. The molecule has 2 nitrogen and oxygen atoms in total. The summed E-state index contributed by atoms with van der Waals surface area (Å²) in [6.07, 6.45) is 3.83. The van der Waals surface area contributed by atoms with E-state index in [1.54, 1.807) is 0 Å². The molecule has 2 aromatic heterocycles. The minimum absolute atomic E-state index is 0.835. The molecule has 3 heteroatoms. The van der Waals surface area contributed by atoms with Crippen molar-refractivity contribution in [1.82, 2.24) is 4.98 Å². The van der Waals surface area contributed by atoms with Crippen molar-refractivity contribution in [3.8, 4) is 22.6 Å². The first-order valence-electron chi connectivity index (χ1n) is 12.7. The Balaban J connectivity index is 1.40. The van der Waals surface area contributed by atoms with E-state index in [0.717, 1.165) is 33.0 Å². The van der Waals surface area contributed by atoms with Crippen molar-refractivity contribution in [3.05, 3.63) is 128 Å². The first-order chi connectivity index (χ1) is 18.8. The minimum atomic E-state index is 0.835. The molecule has 0 radical (unpaired) electrons. The molecule has 0 saturated carbocycles. The van der Waals surface area contributed by atoms with Gasteiger partial charge in [-0.25, -0.2) is 0 Å². The molecule has 0 N–H and O–H groups in total. The average molecular weight is 504 g/mol. The molecule has 0 bridgehead atoms. The molecule has 0 aliphatic carbocycles. The fraction of sp³-hybridized carbons (Fsp3) is 0. The molecule has 0 aliphatic rings. The van der Waals surface area contributed by atoms with E-state index in [1.807, 2.05) is 23.7 Å². The maximum atomic E-state index is 6.79. The van der Waals surface area contributed by atoms with Crippen LogP contribution in [0.15, 0.2) is 128 Å². The van der Waals surface area contributed by atoms with Crippen LogP contribution in [0.3, 0.4) is 0 Å². The molecule has 0 spiro atoms. The molecule has 6 aromatic carbocycles. The molecule has 8 aromatic rings. The first kappa shape index (κ1) is 21.4. The van der Waals surface area contributed by atoms with Crippen LogP contribution in [0, 0.1) is 0 Å². The normalized spacial score (nSPS) is 11.7. The summed E-state index contributed by atoms with van der Waals surface area (Å²) in [4.78, 5) is 4.55. The fourth-order valence-electron chi connectivity index (χ4n) is 5.71. The standard InChI is InChI=1S/C35H21NOS/c1-2-10-24-22(8-1)9-7-14-26(24)34-27-12-3-4-13-28(27)35(29-18-19-36-21-31(29)34)37-23-16-17-33-30(20-23)25-11-5-6-15-32(25)38-33/h1-21H. The highest BCUT2D eigenvalue weighted by Crippen LogP contribution is 2.46. The molecular weight excluding hydrogens is 482 g/mol. The summed E-state index contributed by atoms with van der Waals surface area (Å²) in [5.41, 5.74) is 2.39. The van der Waals surface area contributed by atoms with E-state index < -0.39 is 0 Å². The third kappa shape index (κ3) is 3.22. The quantitative estimate of drug-likeness (QED) is 0.224. The van der Waals surface area contributed by atoms with Gasteiger partial charge in [0.05, 0.1) is 0 Å². The van der Waals surface area contributed by atoms with Gasteiger partial charge in [0, 0.05) is 48.7 Å². The van der Waals surface area contributed by atoms with Crippen molar-refractivity contribution in [3.63, 3.8) is 0 Å². The SMILES string of the molecule is c1ccc2c(-c3c4ccccc4c(Oc4ccc5sc6ccccc6c5c4)c4ccncc34)cccc2c1. The number of benzene rings is 6. The molecule has 0 saturated heterocycles. The van der Waals surface area contributed by atoms with Crippen molar-refractivity contribution in [2.24, 2.45) is 0 Å². The van der Waals surface area contributed by atoms with Crippen LogP contribution in [0.4, 0.5) is 0 Å². The maximum absolute atomic E-state index is 6.79. The number of thiophene rings is 1. The first-order valence-corrected chi connectivity index (χ1v) is 13.5. The molecule has 38 heavy (non-hydrogen) atoms. The predicted molar refractivity (Wildman–Crippen MR) is 162 cm³/mol. The van der Waals surface area contributed by atoms with Crippen LogP contribution >= 0.6 is 11.3 Å². The Morgan fingerprint density at radius 1 is 0.526 bits per heavy atom. The van der Waals surface area contributed by atoms with Crippen molar-refractivity contribution >= 4 is 63.8 Å². The highest BCUT2D eigenvalue weighted by molar-refractivity contribution is 7.25. The second-order valence-corrected chi connectivity index (χ2v) is 10.6. The van der Waals surface area contributed by atoms with Gasteiger partial charge in [-0.3, -0.25) is 4.98 Å². The number of hydrogen-bond acceptors (Lipinski definition) is 3. The molecule has 178 valence electrons. The van der Waals surface area contributed by atoms with E-state index in [0.29, 0.717) is 0 Å². The fourth-order valence-corrected chi connectivity index (χ4v) is 6.80. The molecule has 0 atom stereocenters. The van der Waals surface area contributed by atoms with Gasteiger partial charge in [-0.05, 0) is 57.6 Å². The summed E-state index contributed by atoms with van der Waals surface area (Å²) >= 11 is 1.82. The van der Waals surface area contributed by atoms with E-state index in [4.69, 9.17) is 4.74 Å². The number of rotatable bonds is 3. The van der Waals surface area contributed by atoms with Gasteiger partial charge in [0.2, 0.25) is 0 Å². The third-order valence-electron chi connectivity index (χ3n) is 7.40. The van der Waals surface area contributed by atoms with Gasteiger partial charge in [0.25, 0.3) is 0 Å². The molecule has 0 aliphatic heterocycles. The number of aromatic nitrogens is 1. The summed E-state index contributed by atoms with van der Waals surface area (Å²) in [5.74, 6) is 1.70. The van der Waals surface area contributed by atoms with Crippen molar-refractivity contribution in [1.29, 1.82) is 0 Å². The van der Waals surface area contributed by atoms with E-state index in [1.165, 1.54) is 42.1 Å². The second kappa shape index (κ2) is 8.41. The van der Waals surface area contributed by atoms with Gasteiger partial charge in [-0.2, -0.15) is 0 Å². The zero-order chi connectivity index (χ0) is 25.1. The van der Waals surface area contributed by atoms with Crippen LogP contribution in [0.25, 0.3) is 63.6 Å². The lowest BCUT2D eigenvalue weighted by molar-refractivity contribution is 0.494.